The van der Waals surface area contributed by atoms with E-state index in [2.05, 4.69) is 10.3 Å². The van der Waals surface area contributed by atoms with Crippen LogP contribution < -0.4 is 5.32 Å². The zero-order chi connectivity index (χ0) is 16.3. The second-order valence-corrected chi connectivity index (χ2v) is 5.80. The molecule has 0 saturated heterocycles. The molecule has 1 heterocycles. The van der Waals surface area contributed by atoms with Gasteiger partial charge in [-0.3, -0.25) is 10.1 Å². The molecule has 118 valence electrons. The molecule has 0 aliphatic carbocycles. The third-order valence-corrected chi connectivity index (χ3v) is 3.95. The quantitative estimate of drug-likeness (QED) is 0.882. The Morgan fingerprint density at radius 1 is 1.45 bits per heavy atom. The zero-order valence-electron chi connectivity index (χ0n) is 11.5. The monoisotopic (exact) mass is 330 g/mol. The van der Waals surface area contributed by atoms with Crippen LogP contribution in [0.4, 0.5) is 13.2 Å². The summed E-state index contributed by atoms with van der Waals surface area (Å²) in [5.41, 5.74) is 1.44. The molecule has 8 heteroatoms. The first-order chi connectivity index (χ1) is 10.3. The molecule has 0 saturated carbocycles. The largest absolute Gasteiger partial charge is 0.480 e. The van der Waals surface area contributed by atoms with Gasteiger partial charge in [-0.1, -0.05) is 29.8 Å². The van der Waals surface area contributed by atoms with Crippen molar-refractivity contribution in [3.63, 3.8) is 0 Å². The summed E-state index contributed by atoms with van der Waals surface area (Å²) in [6.45, 7) is 1.78. The van der Waals surface area contributed by atoms with Gasteiger partial charge in [0.05, 0.1) is 6.20 Å². The Labute approximate surface area is 128 Å². The summed E-state index contributed by atoms with van der Waals surface area (Å²) in [6.07, 6.45) is -3.68. The minimum Gasteiger partial charge on any atom is -0.480 e. The van der Waals surface area contributed by atoms with E-state index in [-0.39, 0.29) is 11.6 Å². The van der Waals surface area contributed by atoms with Crippen molar-refractivity contribution >= 4 is 17.3 Å². The predicted octanol–water partition coefficient (Wildman–Crippen LogP) is 3.39. The second-order valence-electron chi connectivity index (χ2n) is 4.68. The lowest BCUT2D eigenvalue weighted by molar-refractivity contribution is -0.139. The average molecular weight is 330 g/mol. The number of aromatic nitrogens is 1. The molecule has 0 amide bonds. The molecular weight excluding hydrogens is 317 g/mol. The third kappa shape index (κ3) is 4.05. The van der Waals surface area contributed by atoms with Crippen LogP contribution >= 0.6 is 11.3 Å². The van der Waals surface area contributed by atoms with E-state index in [0.29, 0.717) is 16.9 Å². The van der Waals surface area contributed by atoms with Crippen LogP contribution in [0.2, 0.25) is 0 Å². The van der Waals surface area contributed by atoms with Crippen LogP contribution in [-0.4, -0.2) is 16.1 Å². The molecule has 1 aromatic carbocycles. The highest BCUT2D eigenvalue weighted by Crippen LogP contribution is 2.33. The van der Waals surface area contributed by atoms with Crippen LogP contribution in [-0.2, 0) is 17.5 Å². The lowest BCUT2D eigenvalue weighted by atomic mass is 10.0. The Bertz CT molecular complexity index is 670. The fourth-order valence-electron chi connectivity index (χ4n) is 1.91. The topological polar surface area (TPSA) is 62.2 Å². The van der Waals surface area contributed by atoms with Gasteiger partial charge in [0.25, 0.3) is 0 Å². The summed E-state index contributed by atoms with van der Waals surface area (Å²) in [4.78, 5) is 14.2. The smallest absolute Gasteiger partial charge is 0.427 e. The number of aryl methyl sites for hydroxylation is 1. The number of benzene rings is 1. The van der Waals surface area contributed by atoms with Crippen LogP contribution in [0.25, 0.3) is 0 Å². The molecule has 0 radical (unpaired) electrons. The molecule has 1 unspecified atom stereocenters. The summed E-state index contributed by atoms with van der Waals surface area (Å²) in [5.74, 6) is -1.10. The molecule has 0 bridgehead atoms. The molecule has 2 rings (SSSR count). The van der Waals surface area contributed by atoms with Crippen molar-refractivity contribution in [1.29, 1.82) is 0 Å². The number of rotatable bonds is 5. The van der Waals surface area contributed by atoms with Gasteiger partial charge in [-0.05, 0) is 12.5 Å². The number of aliphatic carboxylic acids is 1. The molecule has 4 nitrogen and oxygen atoms in total. The van der Waals surface area contributed by atoms with E-state index in [1.165, 1.54) is 0 Å². The van der Waals surface area contributed by atoms with Crippen molar-refractivity contribution in [2.75, 3.05) is 0 Å². The van der Waals surface area contributed by atoms with Crippen LogP contribution in [0.5, 0.6) is 0 Å². The van der Waals surface area contributed by atoms with Crippen molar-refractivity contribution in [2.24, 2.45) is 0 Å². The fraction of sp³-hybridized carbons (Fsp3) is 0.286. The fourth-order valence-corrected chi connectivity index (χ4v) is 2.65. The standard InChI is InChI=1S/C14H13F3N2O2S/c1-8-3-2-4-9(5-8)12(13(20)21)19-7-11-18-6-10(22-11)14(15,16)17/h2-6,12,19H,7H2,1H3,(H,20,21). The van der Waals surface area contributed by atoms with Crippen molar-refractivity contribution in [3.05, 3.63) is 51.5 Å². The van der Waals surface area contributed by atoms with E-state index < -0.39 is 23.1 Å². The first kappa shape index (κ1) is 16.4. The second kappa shape index (κ2) is 6.45. The first-order valence-electron chi connectivity index (χ1n) is 6.32. The summed E-state index contributed by atoms with van der Waals surface area (Å²) >= 11 is 0.500. The van der Waals surface area contributed by atoms with E-state index >= 15 is 0 Å². The highest BCUT2D eigenvalue weighted by Gasteiger charge is 2.33. The van der Waals surface area contributed by atoms with Crippen molar-refractivity contribution in [3.8, 4) is 0 Å². The van der Waals surface area contributed by atoms with Crippen LogP contribution in [0.3, 0.4) is 0 Å². The van der Waals surface area contributed by atoms with Gasteiger partial charge in [0, 0.05) is 6.54 Å². The summed E-state index contributed by atoms with van der Waals surface area (Å²) in [7, 11) is 0. The van der Waals surface area contributed by atoms with E-state index in [1.807, 2.05) is 13.0 Å². The number of hydrogen-bond acceptors (Lipinski definition) is 4. The van der Waals surface area contributed by atoms with Gasteiger partial charge < -0.3 is 5.11 Å². The normalized spacial score (nSPS) is 13.1. The van der Waals surface area contributed by atoms with E-state index in [0.717, 1.165) is 11.8 Å². The van der Waals surface area contributed by atoms with Gasteiger partial charge in [0.1, 0.15) is 15.9 Å². The van der Waals surface area contributed by atoms with Crippen LogP contribution in [0, 0.1) is 6.92 Å². The molecule has 2 aromatic rings. The lowest BCUT2D eigenvalue weighted by Crippen LogP contribution is -2.28. The minimum absolute atomic E-state index is 0.0499. The number of carboxylic acid groups (broad SMARTS) is 1. The Morgan fingerprint density at radius 2 is 2.18 bits per heavy atom. The van der Waals surface area contributed by atoms with Crippen LogP contribution in [0.1, 0.15) is 27.1 Å². The van der Waals surface area contributed by atoms with E-state index in [1.54, 1.807) is 18.2 Å². The SMILES string of the molecule is Cc1cccc(C(NCc2ncc(C(F)(F)F)s2)C(=O)O)c1. The Balaban J connectivity index is 2.10. The number of hydrogen-bond donors (Lipinski definition) is 2. The molecule has 2 N–H and O–H groups in total. The van der Waals surface area contributed by atoms with Gasteiger partial charge in [-0.15, -0.1) is 11.3 Å². The lowest BCUT2D eigenvalue weighted by Gasteiger charge is -2.14. The number of carbonyl (C=O) groups is 1. The maximum Gasteiger partial charge on any atom is 0.427 e. The van der Waals surface area contributed by atoms with E-state index in [4.69, 9.17) is 0 Å². The first-order valence-corrected chi connectivity index (χ1v) is 7.13. The number of alkyl halides is 3. The number of nitrogens with zero attached hydrogens (tertiary/aromatic N) is 1. The number of nitrogens with one attached hydrogen (secondary N) is 1. The van der Waals surface area contributed by atoms with Crippen LogP contribution in [0.15, 0.2) is 30.5 Å². The Kier molecular flexibility index (Phi) is 4.82. The maximum atomic E-state index is 12.5. The minimum atomic E-state index is -4.43. The van der Waals surface area contributed by atoms with E-state index in [9.17, 15) is 23.1 Å². The molecule has 0 aliphatic heterocycles. The van der Waals surface area contributed by atoms with Gasteiger partial charge in [0.15, 0.2) is 0 Å². The third-order valence-electron chi connectivity index (χ3n) is 2.91. The molecule has 1 atom stereocenters. The molecule has 1 aromatic heterocycles. The predicted molar refractivity (Wildman–Crippen MR) is 75.5 cm³/mol. The number of carboxylic acids is 1. The Hall–Kier alpha value is -1.93. The van der Waals surface area contributed by atoms with Crippen molar-refractivity contribution < 1.29 is 23.1 Å². The highest BCUT2D eigenvalue weighted by atomic mass is 32.1. The summed E-state index contributed by atoms with van der Waals surface area (Å²) < 4.78 is 37.5. The highest BCUT2D eigenvalue weighted by molar-refractivity contribution is 7.11. The number of halogens is 3. The maximum absolute atomic E-state index is 12.5. The zero-order valence-corrected chi connectivity index (χ0v) is 12.3. The molecule has 0 fully saturated rings. The van der Waals surface area contributed by atoms with Gasteiger partial charge in [-0.25, -0.2) is 4.98 Å². The van der Waals surface area contributed by atoms with Gasteiger partial charge in [-0.2, -0.15) is 13.2 Å². The summed E-state index contributed by atoms with van der Waals surface area (Å²) in [5, 5.41) is 12.2. The molecule has 0 aliphatic rings. The number of thiazole rings is 1. The van der Waals surface area contributed by atoms with Crippen molar-refractivity contribution in [1.82, 2.24) is 10.3 Å². The molecule has 22 heavy (non-hydrogen) atoms. The van der Waals surface area contributed by atoms with Gasteiger partial charge in [0.2, 0.25) is 0 Å². The van der Waals surface area contributed by atoms with Gasteiger partial charge >= 0.3 is 12.1 Å². The molecule has 0 spiro atoms. The summed E-state index contributed by atoms with van der Waals surface area (Å²) in [6, 6.07) is 5.93. The molecular formula is C14H13F3N2O2S. The Morgan fingerprint density at radius 3 is 2.73 bits per heavy atom. The average Bonchev–Trinajstić information content (AvgIpc) is 2.87. The van der Waals surface area contributed by atoms with Crippen molar-refractivity contribution in [2.45, 2.75) is 25.7 Å².